The fraction of sp³-hybridized carbons (Fsp3) is 0.417. The van der Waals surface area contributed by atoms with Gasteiger partial charge in [-0.25, -0.2) is 30.8 Å². The summed E-state index contributed by atoms with van der Waals surface area (Å²) >= 11 is 0. The van der Waals surface area contributed by atoms with Crippen molar-refractivity contribution >= 4 is 41.9 Å². The Hall–Kier alpha value is -2.76. The second-order valence-corrected chi connectivity index (χ2v) is 13.4. The van der Waals surface area contributed by atoms with Crippen LogP contribution in [0, 0.1) is 5.92 Å². The van der Waals surface area contributed by atoms with E-state index in [-0.39, 0.29) is 23.3 Å². The van der Waals surface area contributed by atoms with Gasteiger partial charge in [-0.15, -0.1) is 0 Å². The van der Waals surface area contributed by atoms with E-state index < -0.39 is 19.9 Å². The minimum Gasteiger partial charge on any atom is -0.388 e. The fourth-order valence-electron chi connectivity index (χ4n) is 5.17. The summed E-state index contributed by atoms with van der Waals surface area (Å²) < 4.78 is 52.9. The topological polar surface area (TPSA) is 124 Å². The van der Waals surface area contributed by atoms with Gasteiger partial charge in [0.05, 0.1) is 22.4 Å². The summed E-state index contributed by atoms with van der Waals surface area (Å²) in [7, 11) is -6.81. The van der Waals surface area contributed by atoms with E-state index in [4.69, 9.17) is 0 Å². The highest BCUT2D eigenvalue weighted by Gasteiger charge is 2.28. The average molecular weight is 517 g/mol. The number of nitrogens with zero attached hydrogens (tertiary/aromatic N) is 4. The number of hydrogen-bond acceptors (Lipinski definition) is 7. The van der Waals surface area contributed by atoms with Gasteiger partial charge in [0.1, 0.15) is 27.8 Å². The van der Waals surface area contributed by atoms with E-state index in [1.165, 1.54) is 16.4 Å². The number of aliphatic hydroxyl groups is 1. The third-order valence-electron chi connectivity index (χ3n) is 6.92. The SMILES string of the molecule is CS(=O)(=O)CCC1CCC(n2c(CO)nc3cnc4c(ccn4S(=O)(=O)c4ccccc4)c32)CC1. The summed E-state index contributed by atoms with van der Waals surface area (Å²) in [4.78, 5) is 9.19. The van der Waals surface area contributed by atoms with Gasteiger partial charge in [-0.2, -0.15) is 0 Å². The van der Waals surface area contributed by atoms with Gasteiger partial charge in [-0.1, -0.05) is 18.2 Å². The quantitative estimate of drug-likeness (QED) is 0.400. The van der Waals surface area contributed by atoms with Gasteiger partial charge in [0, 0.05) is 23.9 Å². The smallest absolute Gasteiger partial charge is 0.269 e. The van der Waals surface area contributed by atoms with Crippen molar-refractivity contribution in [3.05, 3.63) is 54.6 Å². The van der Waals surface area contributed by atoms with Crippen LogP contribution in [0.2, 0.25) is 0 Å². The number of fused-ring (bicyclic) bond motifs is 3. The molecule has 0 unspecified atom stereocenters. The molecule has 0 spiro atoms. The Morgan fingerprint density at radius 2 is 1.74 bits per heavy atom. The minimum atomic E-state index is -3.83. The maximum Gasteiger partial charge on any atom is 0.269 e. The number of pyridine rings is 1. The summed E-state index contributed by atoms with van der Waals surface area (Å²) in [5.41, 5.74) is 1.69. The van der Waals surface area contributed by atoms with Crippen molar-refractivity contribution in [3.8, 4) is 0 Å². The van der Waals surface area contributed by atoms with E-state index in [0.29, 0.717) is 34.7 Å². The van der Waals surface area contributed by atoms with Crippen LogP contribution in [-0.2, 0) is 26.5 Å². The van der Waals surface area contributed by atoms with E-state index in [1.807, 2.05) is 4.57 Å². The number of hydrogen-bond donors (Lipinski definition) is 1. The summed E-state index contributed by atoms with van der Waals surface area (Å²) in [5, 5.41) is 10.7. The molecular formula is C24H28N4O5S2. The minimum absolute atomic E-state index is 0.0799. The van der Waals surface area contributed by atoms with Crippen molar-refractivity contribution in [2.45, 2.75) is 49.6 Å². The lowest BCUT2D eigenvalue weighted by Gasteiger charge is -2.30. The first kappa shape index (κ1) is 24.0. The Balaban J connectivity index is 1.54. The van der Waals surface area contributed by atoms with Crippen molar-refractivity contribution in [1.82, 2.24) is 18.5 Å². The number of rotatable bonds is 7. The lowest BCUT2D eigenvalue weighted by Crippen LogP contribution is -2.21. The second-order valence-electron chi connectivity index (χ2n) is 9.31. The molecule has 0 radical (unpaired) electrons. The molecule has 5 rings (SSSR count). The Labute approximate surface area is 204 Å². The zero-order chi connectivity index (χ0) is 24.8. The van der Waals surface area contributed by atoms with E-state index in [1.54, 1.807) is 42.6 Å². The van der Waals surface area contributed by atoms with Crippen molar-refractivity contribution in [3.63, 3.8) is 0 Å². The van der Waals surface area contributed by atoms with Gasteiger partial charge in [0.2, 0.25) is 0 Å². The lowest BCUT2D eigenvalue weighted by atomic mass is 9.84. The standard InChI is InChI=1S/C24H28N4O5S2/c1-34(30,31)14-12-17-7-9-18(10-8-17)28-22(16-29)26-21-15-25-24-20(23(21)28)11-13-27(24)35(32,33)19-5-3-2-4-6-19/h2-6,11,13,15,17-18,29H,7-10,12,14,16H2,1H3. The van der Waals surface area contributed by atoms with Gasteiger partial charge in [-0.3, -0.25) is 0 Å². The highest BCUT2D eigenvalue weighted by atomic mass is 32.2. The predicted molar refractivity (Wildman–Crippen MR) is 133 cm³/mol. The van der Waals surface area contributed by atoms with Crippen LogP contribution in [0.3, 0.4) is 0 Å². The van der Waals surface area contributed by atoms with Crippen LogP contribution in [-0.4, -0.2) is 52.5 Å². The number of aliphatic hydroxyl groups excluding tert-OH is 1. The first-order valence-electron chi connectivity index (χ1n) is 11.6. The molecular weight excluding hydrogens is 488 g/mol. The fourth-order valence-corrected chi connectivity index (χ4v) is 7.26. The third-order valence-corrected chi connectivity index (χ3v) is 9.58. The molecule has 0 bridgehead atoms. The maximum atomic E-state index is 13.3. The van der Waals surface area contributed by atoms with Crippen LogP contribution >= 0.6 is 0 Å². The molecule has 0 atom stereocenters. The number of imidazole rings is 1. The highest BCUT2D eigenvalue weighted by molar-refractivity contribution is 7.90. The Bertz CT molecular complexity index is 1580. The second kappa shape index (κ2) is 9.03. The molecule has 1 aliphatic carbocycles. The van der Waals surface area contributed by atoms with Crippen molar-refractivity contribution in [1.29, 1.82) is 0 Å². The van der Waals surface area contributed by atoms with E-state index in [2.05, 4.69) is 9.97 Å². The lowest BCUT2D eigenvalue weighted by molar-refractivity contribution is 0.236. The maximum absolute atomic E-state index is 13.3. The molecule has 3 heterocycles. The first-order chi connectivity index (χ1) is 16.7. The number of aromatic nitrogens is 4. The van der Waals surface area contributed by atoms with Crippen LogP contribution < -0.4 is 0 Å². The van der Waals surface area contributed by atoms with Gasteiger partial charge in [0.15, 0.2) is 5.65 Å². The van der Waals surface area contributed by atoms with Gasteiger partial charge in [0.25, 0.3) is 10.0 Å². The largest absolute Gasteiger partial charge is 0.388 e. The summed E-state index contributed by atoms with van der Waals surface area (Å²) in [6, 6.07) is 10.0. The third kappa shape index (κ3) is 4.48. The van der Waals surface area contributed by atoms with Crippen LogP contribution in [0.4, 0.5) is 0 Å². The Morgan fingerprint density at radius 3 is 2.40 bits per heavy atom. The molecule has 0 aliphatic heterocycles. The summed E-state index contributed by atoms with van der Waals surface area (Å²) in [5.74, 6) is 1.08. The molecule has 11 heteroatoms. The van der Waals surface area contributed by atoms with Crippen LogP contribution in [0.1, 0.15) is 44.0 Å². The predicted octanol–water partition coefficient (Wildman–Crippen LogP) is 3.28. The normalized spacial score (nSPS) is 19.5. The Kier molecular flexibility index (Phi) is 6.18. The van der Waals surface area contributed by atoms with E-state index in [0.717, 1.165) is 31.2 Å². The monoisotopic (exact) mass is 516 g/mol. The zero-order valence-electron chi connectivity index (χ0n) is 19.4. The highest BCUT2D eigenvalue weighted by Crippen LogP contribution is 2.38. The first-order valence-corrected chi connectivity index (χ1v) is 15.1. The molecule has 1 aromatic carbocycles. The molecule has 4 aromatic rings. The molecule has 35 heavy (non-hydrogen) atoms. The summed E-state index contributed by atoms with van der Waals surface area (Å²) in [6.07, 6.45) is 8.45. The molecule has 0 saturated heterocycles. The number of sulfone groups is 1. The Morgan fingerprint density at radius 1 is 1.03 bits per heavy atom. The van der Waals surface area contributed by atoms with Crippen LogP contribution in [0.25, 0.3) is 22.1 Å². The summed E-state index contributed by atoms with van der Waals surface area (Å²) in [6.45, 7) is -0.243. The van der Waals surface area contributed by atoms with Crippen molar-refractivity contribution in [2.24, 2.45) is 5.92 Å². The molecule has 0 amide bonds. The van der Waals surface area contributed by atoms with Crippen LogP contribution in [0.5, 0.6) is 0 Å². The molecule has 1 fully saturated rings. The van der Waals surface area contributed by atoms with Gasteiger partial charge < -0.3 is 9.67 Å². The molecule has 1 aliphatic rings. The van der Waals surface area contributed by atoms with Gasteiger partial charge in [-0.05, 0) is 56.2 Å². The van der Waals surface area contributed by atoms with Crippen LogP contribution in [0.15, 0.2) is 53.7 Å². The molecule has 9 nitrogen and oxygen atoms in total. The molecule has 1 N–H and O–H groups in total. The zero-order valence-corrected chi connectivity index (χ0v) is 21.0. The number of benzene rings is 1. The van der Waals surface area contributed by atoms with Gasteiger partial charge >= 0.3 is 0 Å². The molecule has 3 aromatic heterocycles. The molecule has 1 saturated carbocycles. The van der Waals surface area contributed by atoms with Crippen molar-refractivity contribution < 1.29 is 21.9 Å². The molecule has 186 valence electrons. The average Bonchev–Trinajstić information content (AvgIpc) is 3.45. The van der Waals surface area contributed by atoms with E-state index in [9.17, 15) is 21.9 Å². The van der Waals surface area contributed by atoms with Crippen molar-refractivity contribution in [2.75, 3.05) is 12.0 Å². The van der Waals surface area contributed by atoms with E-state index >= 15 is 0 Å².